The average Bonchev–Trinajstić information content (AvgIpc) is 2.84. The van der Waals surface area contributed by atoms with Crippen LogP contribution in [-0.2, 0) is 0 Å². The topological polar surface area (TPSA) is 59.2 Å². The van der Waals surface area contributed by atoms with Gasteiger partial charge in [0.25, 0.3) is 5.89 Å². The third-order valence-corrected chi connectivity index (χ3v) is 3.37. The second-order valence-electron chi connectivity index (χ2n) is 3.45. The molecule has 0 atom stereocenters. The molecule has 0 bridgehead atoms. The van der Waals surface area contributed by atoms with E-state index in [1.165, 1.54) is 11.3 Å². The number of rotatable bonds is 1. The van der Waals surface area contributed by atoms with E-state index in [2.05, 4.69) is 10.1 Å². The van der Waals surface area contributed by atoms with Gasteiger partial charge in [-0.3, -0.25) is 0 Å². The van der Waals surface area contributed by atoms with Gasteiger partial charge in [-0.25, -0.2) is 0 Å². The fourth-order valence-electron chi connectivity index (χ4n) is 1.55. The predicted molar refractivity (Wildman–Crippen MR) is 61.5 cm³/mol. The number of aryl methyl sites for hydroxylation is 1. The fraction of sp³-hybridized carbons (Fsp3) is 0.0909. The molecule has 2 heterocycles. The Kier molecular flexibility index (Phi) is 1.94. The van der Waals surface area contributed by atoms with E-state index in [0.717, 1.165) is 15.0 Å². The lowest BCUT2D eigenvalue weighted by molar-refractivity contribution is 0.426. The number of hydrogen-bond acceptors (Lipinski definition) is 5. The number of nitrogens with zero attached hydrogens (tertiary/aromatic N) is 2. The van der Waals surface area contributed by atoms with Crippen molar-refractivity contribution in [3.05, 3.63) is 30.1 Å². The van der Waals surface area contributed by atoms with Gasteiger partial charge >= 0.3 is 0 Å². The van der Waals surface area contributed by atoms with Crippen LogP contribution in [-0.4, -0.2) is 15.2 Å². The summed E-state index contributed by atoms with van der Waals surface area (Å²) in [7, 11) is 0. The molecule has 0 saturated heterocycles. The minimum absolute atomic E-state index is 0.274. The predicted octanol–water partition coefficient (Wildman–Crippen LogP) is 2.97. The van der Waals surface area contributed by atoms with Gasteiger partial charge < -0.3 is 9.63 Å². The molecule has 3 rings (SSSR count). The normalized spacial score (nSPS) is 11.1. The minimum atomic E-state index is 0.274. The molecule has 0 aliphatic rings. The maximum atomic E-state index is 9.68. The lowest BCUT2D eigenvalue weighted by Gasteiger charge is -1.90. The second kappa shape index (κ2) is 3.31. The number of benzene rings is 1. The molecule has 0 radical (unpaired) electrons. The first-order chi connectivity index (χ1) is 7.74. The summed E-state index contributed by atoms with van der Waals surface area (Å²) in [6.07, 6.45) is 0. The Hall–Kier alpha value is -1.88. The Morgan fingerprint density at radius 2 is 2.25 bits per heavy atom. The minimum Gasteiger partial charge on any atom is -0.507 e. The third kappa shape index (κ3) is 1.37. The van der Waals surface area contributed by atoms with Crippen LogP contribution in [0.1, 0.15) is 5.82 Å². The van der Waals surface area contributed by atoms with Crippen LogP contribution in [0.25, 0.3) is 20.9 Å². The van der Waals surface area contributed by atoms with Crippen LogP contribution in [0.2, 0.25) is 0 Å². The van der Waals surface area contributed by atoms with E-state index in [0.29, 0.717) is 11.7 Å². The number of hydrogen-bond donors (Lipinski definition) is 1. The van der Waals surface area contributed by atoms with Crippen molar-refractivity contribution in [3.63, 3.8) is 0 Å². The lowest BCUT2D eigenvalue weighted by atomic mass is 10.2. The van der Waals surface area contributed by atoms with Gasteiger partial charge in [-0.05, 0) is 25.1 Å². The smallest absolute Gasteiger partial charge is 0.268 e. The van der Waals surface area contributed by atoms with Crippen LogP contribution < -0.4 is 0 Å². The summed E-state index contributed by atoms with van der Waals surface area (Å²) in [6.45, 7) is 1.78. The van der Waals surface area contributed by atoms with Crippen LogP contribution in [0, 0.1) is 6.92 Å². The largest absolute Gasteiger partial charge is 0.507 e. The zero-order valence-corrected chi connectivity index (χ0v) is 9.28. The maximum absolute atomic E-state index is 9.68. The van der Waals surface area contributed by atoms with Gasteiger partial charge in [0.15, 0.2) is 5.82 Å². The molecule has 0 saturated carbocycles. The van der Waals surface area contributed by atoms with Crippen LogP contribution in [0.5, 0.6) is 5.75 Å². The third-order valence-electron chi connectivity index (χ3n) is 2.28. The average molecular weight is 232 g/mol. The quantitative estimate of drug-likeness (QED) is 0.700. The van der Waals surface area contributed by atoms with E-state index in [-0.39, 0.29) is 5.75 Å². The first kappa shape index (κ1) is 9.35. The molecule has 16 heavy (non-hydrogen) atoms. The van der Waals surface area contributed by atoms with E-state index in [1.807, 2.05) is 18.2 Å². The zero-order chi connectivity index (χ0) is 11.1. The van der Waals surface area contributed by atoms with Gasteiger partial charge in [-0.1, -0.05) is 11.2 Å². The molecule has 0 fully saturated rings. The molecule has 0 spiro atoms. The number of phenols is 1. The van der Waals surface area contributed by atoms with Gasteiger partial charge in [-0.15, -0.1) is 11.3 Å². The van der Waals surface area contributed by atoms with Crippen molar-refractivity contribution in [1.82, 2.24) is 10.1 Å². The summed E-state index contributed by atoms with van der Waals surface area (Å²) < 4.78 is 6.09. The summed E-state index contributed by atoms with van der Waals surface area (Å²) in [6, 6.07) is 7.30. The van der Waals surface area contributed by atoms with Crippen molar-refractivity contribution in [2.45, 2.75) is 6.92 Å². The first-order valence-electron chi connectivity index (χ1n) is 4.76. The Labute approximate surface area is 95.2 Å². The molecular weight excluding hydrogens is 224 g/mol. The summed E-state index contributed by atoms with van der Waals surface area (Å²) in [5.41, 5.74) is 0. The molecule has 0 aliphatic heterocycles. The highest BCUT2D eigenvalue weighted by Gasteiger charge is 2.11. The first-order valence-corrected chi connectivity index (χ1v) is 5.58. The van der Waals surface area contributed by atoms with Crippen molar-refractivity contribution in [1.29, 1.82) is 0 Å². The Balaban J connectivity index is 2.22. The van der Waals surface area contributed by atoms with Crippen molar-refractivity contribution in [2.24, 2.45) is 0 Å². The highest BCUT2D eigenvalue weighted by molar-refractivity contribution is 7.22. The van der Waals surface area contributed by atoms with Crippen molar-refractivity contribution in [3.8, 4) is 16.5 Å². The number of phenolic OH excluding ortho intramolecular Hbond substituents is 1. The molecule has 2 aromatic heterocycles. The Morgan fingerprint density at radius 1 is 1.38 bits per heavy atom. The summed E-state index contributed by atoms with van der Waals surface area (Å²) in [5, 5.41) is 14.2. The number of aromatic nitrogens is 2. The molecule has 5 heteroatoms. The summed E-state index contributed by atoms with van der Waals surface area (Å²) in [4.78, 5) is 5.03. The van der Waals surface area contributed by atoms with Crippen LogP contribution >= 0.6 is 11.3 Å². The van der Waals surface area contributed by atoms with E-state index in [1.54, 1.807) is 13.0 Å². The lowest BCUT2D eigenvalue weighted by Crippen LogP contribution is -1.72. The van der Waals surface area contributed by atoms with Crippen molar-refractivity contribution >= 4 is 21.4 Å². The fourth-order valence-corrected chi connectivity index (χ4v) is 2.55. The van der Waals surface area contributed by atoms with Crippen molar-refractivity contribution < 1.29 is 9.63 Å². The highest BCUT2D eigenvalue weighted by atomic mass is 32.1. The number of aromatic hydroxyl groups is 1. The molecular formula is C11H8N2O2S. The molecule has 0 aliphatic carbocycles. The maximum Gasteiger partial charge on any atom is 0.268 e. The SMILES string of the molecule is Cc1noc(-c2cc3c(O)cccc3s2)n1. The van der Waals surface area contributed by atoms with Gasteiger partial charge in [0.2, 0.25) is 0 Å². The number of thiophene rings is 1. The van der Waals surface area contributed by atoms with Gasteiger partial charge in [0.1, 0.15) is 5.75 Å². The van der Waals surface area contributed by atoms with E-state index < -0.39 is 0 Å². The Morgan fingerprint density at radius 3 is 2.94 bits per heavy atom. The highest BCUT2D eigenvalue weighted by Crippen LogP contribution is 2.36. The molecule has 3 aromatic rings. The van der Waals surface area contributed by atoms with Gasteiger partial charge in [-0.2, -0.15) is 4.98 Å². The molecule has 1 aromatic carbocycles. The monoisotopic (exact) mass is 232 g/mol. The number of fused-ring (bicyclic) bond motifs is 1. The van der Waals surface area contributed by atoms with Crippen molar-refractivity contribution in [2.75, 3.05) is 0 Å². The molecule has 0 unspecified atom stereocenters. The van der Waals surface area contributed by atoms with Crippen LogP contribution in [0.15, 0.2) is 28.8 Å². The van der Waals surface area contributed by atoms with E-state index in [9.17, 15) is 5.11 Å². The van der Waals surface area contributed by atoms with E-state index >= 15 is 0 Å². The second-order valence-corrected chi connectivity index (χ2v) is 4.53. The summed E-state index contributed by atoms with van der Waals surface area (Å²) in [5.74, 6) is 1.38. The zero-order valence-electron chi connectivity index (χ0n) is 8.47. The van der Waals surface area contributed by atoms with Crippen LogP contribution in [0.3, 0.4) is 0 Å². The van der Waals surface area contributed by atoms with Gasteiger partial charge in [0.05, 0.1) is 4.88 Å². The molecule has 80 valence electrons. The molecule has 1 N–H and O–H groups in total. The Bertz CT molecular complexity index is 657. The van der Waals surface area contributed by atoms with E-state index in [4.69, 9.17) is 4.52 Å². The molecule has 0 amide bonds. The summed E-state index contributed by atoms with van der Waals surface area (Å²) >= 11 is 1.52. The van der Waals surface area contributed by atoms with Gasteiger partial charge in [0, 0.05) is 10.1 Å². The molecule has 4 nitrogen and oxygen atoms in total. The van der Waals surface area contributed by atoms with Crippen LogP contribution in [0.4, 0.5) is 0 Å². The standard InChI is InChI=1S/C11H8N2O2S/c1-6-12-11(15-13-6)10-5-7-8(14)3-2-4-9(7)16-10/h2-5,14H,1H3.